The second-order valence-corrected chi connectivity index (χ2v) is 6.80. The molecule has 138 valence electrons. The summed E-state index contributed by atoms with van der Waals surface area (Å²) in [4.78, 5) is 35.2. The summed E-state index contributed by atoms with van der Waals surface area (Å²) >= 11 is 1.16. The standard InChI is InChI=1S/C18H20N2O5S/c1-11(2)9-24-13-5-3-4-12(8-13)18(23)25-10-15(21)20-17-14(16(19)22)6-7-26-17/h3-8,11H,9-10H2,1-2H3,(H2,19,22)(H,20,21). The fourth-order valence-electron chi connectivity index (χ4n) is 1.95. The Bertz CT molecular complexity index is 800. The fraction of sp³-hybridized carbons (Fsp3) is 0.278. The third-order valence-corrected chi connectivity index (χ3v) is 4.00. The number of anilines is 1. The minimum atomic E-state index is -0.642. The van der Waals surface area contributed by atoms with E-state index in [4.69, 9.17) is 15.2 Å². The van der Waals surface area contributed by atoms with Gasteiger partial charge >= 0.3 is 5.97 Å². The van der Waals surface area contributed by atoms with Gasteiger partial charge in [-0.1, -0.05) is 19.9 Å². The minimum Gasteiger partial charge on any atom is -0.493 e. The van der Waals surface area contributed by atoms with E-state index < -0.39 is 24.4 Å². The number of nitrogens with two attached hydrogens (primary N) is 1. The zero-order valence-corrected chi connectivity index (χ0v) is 15.3. The molecule has 0 unspecified atom stereocenters. The van der Waals surface area contributed by atoms with E-state index in [-0.39, 0.29) is 11.1 Å². The maximum Gasteiger partial charge on any atom is 0.338 e. The summed E-state index contributed by atoms with van der Waals surface area (Å²) in [5, 5.41) is 4.45. The Morgan fingerprint density at radius 3 is 2.69 bits per heavy atom. The lowest BCUT2D eigenvalue weighted by molar-refractivity contribution is -0.119. The number of carbonyl (C=O) groups is 3. The van der Waals surface area contributed by atoms with E-state index in [2.05, 4.69) is 5.32 Å². The topological polar surface area (TPSA) is 108 Å². The predicted molar refractivity (Wildman–Crippen MR) is 98.5 cm³/mol. The van der Waals surface area contributed by atoms with E-state index in [0.717, 1.165) is 11.3 Å². The van der Waals surface area contributed by atoms with E-state index in [0.29, 0.717) is 23.3 Å². The SMILES string of the molecule is CC(C)COc1cccc(C(=O)OCC(=O)Nc2sccc2C(N)=O)c1. The number of amides is 2. The van der Waals surface area contributed by atoms with Crippen LogP contribution < -0.4 is 15.8 Å². The summed E-state index contributed by atoms with van der Waals surface area (Å²) in [7, 11) is 0. The monoisotopic (exact) mass is 376 g/mol. The Balaban J connectivity index is 1.89. The van der Waals surface area contributed by atoms with Crippen molar-refractivity contribution in [1.82, 2.24) is 0 Å². The van der Waals surface area contributed by atoms with Crippen LogP contribution in [-0.4, -0.2) is 31.0 Å². The second kappa shape index (κ2) is 9.00. The highest BCUT2D eigenvalue weighted by atomic mass is 32.1. The van der Waals surface area contributed by atoms with Gasteiger partial charge in [0.2, 0.25) is 0 Å². The lowest BCUT2D eigenvalue weighted by Crippen LogP contribution is -2.22. The number of ether oxygens (including phenoxy) is 2. The average Bonchev–Trinajstić information content (AvgIpc) is 3.06. The van der Waals surface area contributed by atoms with Gasteiger partial charge in [0.05, 0.1) is 17.7 Å². The molecule has 0 radical (unpaired) electrons. The molecule has 0 atom stereocenters. The van der Waals surface area contributed by atoms with E-state index in [9.17, 15) is 14.4 Å². The van der Waals surface area contributed by atoms with Crippen molar-refractivity contribution in [3.8, 4) is 5.75 Å². The molecule has 0 aliphatic carbocycles. The van der Waals surface area contributed by atoms with Crippen LogP contribution in [0.5, 0.6) is 5.75 Å². The van der Waals surface area contributed by atoms with Crippen LogP contribution in [-0.2, 0) is 9.53 Å². The van der Waals surface area contributed by atoms with Crippen molar-refractivity contribution in [2.75, 3.05) is 18.5 Å². The van der Waals surface area contributed by atoms with Gasteiger partial charge in [0.25, 0.3) is 11.8 Å². The van der Waals surface area contributed by atoms with Crippen LogP contribution in [0.1, 0.15) is 34.6 Å². The first-order valence-electron chi connectivity index (χ1n) is 7.94. The molecule has 1 aromatic carbocycles. The largest absolute Gasteiger partial charge is 0.493 e. The normalized spacial score (nSPS) is 10.4. The highest BCUT2D eigenvalue weighted by Gasteiger charge is 2.15. The Hall–Kier alpha value is -2.87. The highest BCUT2D eigenvalue weighted by molar-refractivity contribution is 7.14. The Morgan fingerprint density at radius 1 is 1.23 bits per heavy atom. The van der Waals surface area contributed by atoms with Crippen molar-refractivity contribution < 1.29 is 23.9 Å². The van der Waals surface area contributed by atoms with E-state index in [1.165, 1.54) is 6.07 Å². The Morgan fingerprint density at radius 2 is 2.00 bits per heavy atom. The summed E-state index contributed by atoms with van der Waals surface area (Å²) in [5.74, 6) is -0.928. The number of primary amides is 1. The van der Waals surface area contributed by atoms with Crippen LogP contribution in [0.4, 0.5) is 5.00 Å². The second-order valence-electron chi connectivity index (χ2n) is 5.88. The molecule has 0 aliphatic rings. The number of rotatable bonds is 8. The molecule has 8 heteroatoms. The molecule has 7 nitrogen and oxygen atoms in total. The predicted octanol–water partition coefficient (Wildman–Crippen LogP) is 2.68. The van der Waals surface area contributed by atoms with Crippen LogP contribution in [0.25, 0.3) is 0 Å². The minimum absolute atomic E-state index is 0.213. The molecule has 2 rings (SSSR count). The van der Waals surface area contributed by atoms with Crippen molar-refractivity contribution in [2.45, 2.75) is 13.8 Å². The number of hydrogen-bond acceptors (Lipinski definition) is 6. The first kappa shape index (κ1) is 19.5. The summed E-state index contributed by atoms with van der Waals surface area (Å²) in [6, 6.07) is 8.07. The smallest absolute Gasteiger partial charge is 0.338 e. The lowest BCUT2D eigenvalue weighted by Gasteiger charge is -2.10. The van der Waals surface area contributed by atoms with Crippen LogP contribution in [0.15, 0.2) is 35.7 Å². The molecule has 3 N–H and O–H groups in total. The van der Waals surface area contributed by atoms with Gasteiger partial charge in [-0.3, -0.25) is 9.59 Å². The van der Waals surface area contributed by atoms with Crippen molar-refractivity contribution >= 4 is 34.1 Å². The van der Waals surface area contributed by atoms with E-state index >= 15 is 0 Å². The van der Waals surface area contributed by atoms with Gasteiger partial charge in [0.15, 0.2) is 6.61 Å². The van der Waals surface area contributed by atoms with Gasteiger partial charge in [0.1, 0.15) is 10.8 Å². The van der Waals surface area contributed by atoms with Gasteiger partial charge in [0, 0.05) is 0 Å². The summed E-state index contributed by atoms with van der Waals surface area (Å²) in [6.45, 7) is 4.10. The molecule has 0 saturated heterocycles. The van der Waals surface area contributed by atoms with Gasteiger partial charge in [-0.2, -0.15) is 0 Å². The molecular weight excluding hydrogens is 356 g/mol. The van der Waals surface area contributed by atoms with Crippen molar-refractivity contribution in [2.24, 2.45) is 11.7 Å². The molecule has 1 aromatic heterocycles. The molecule has 2 amide bonds. The Labute approximate surface area is 155 Å². The molecule has 0 saturated carbocycles. The van der Waals surface area contributed by atoms with Crippen molar-refractivity contribution in [1.29, 1.82) is 0 Å². The first-order valence-corrected chi connectivity index (χ1v) is 8.82. The fourth-order valence-corrected chi connectivity index (χ4v) is 2.76. The average molecular weight is 376 g/mol. The number of nitrogens with one attached hydrogen (secondary N) is 1. The molecular formula is C18H20N2O5S. The molecule has 0 spiro atoms. The summed E-state index contributed by atoms with van der Waals surface area (Å²) < 4.78 is 10.6. The van der Waals surface area contributed by atoms with Crippen LogP contribution in [0.2, 0.25) is 0 Å². The number of esters is 1. The van der Waals surface area contributed by atoms with Crippen LogP contribution >= 0.6 is 11.3 Å². The van der Waals surface area contributed by atoms with Gasteiger partial charge < -0.3 is 20.5 Å². The summed E-state index contributed by atoms with van der Waals surface area (Å²) in [6.07, 6.45) is 0. The quantitative estimate of drug-likeness (QED) is 0.689. The van der Waals surface area contributed by atoms with E-state index in [1.54, 1.807) is 29.6 Å². The molecule has 0 bridgehead atoms. The summed E-state index contributed by atoms with van der Waals surface area (Å²) in [5.41, 5.74) is 5.71. The van der Waals surface area contributed by atoms with Gasteiger partial charge in [-0.15, -0.1) is 11.3 Å². The number of carbonyl (C=O) groups excluding carboxylic acids is 3. The van der Waals surface area contributed by atoms with Gasteiger partial charge in [-0.25, -0.2) is 4.79 Å². The molecule has 26 heavy (non-hydrogen) atoms. The maximum absolute atomic E-state index is 12.1. The number of hydrogen-bond donors (Lipinski definition) is 2. The van der Waals surface area contributed by atoms with E-state index in [1.807, 2.05) is 13.8 Å². The third kappa shape index (κ3) is 5.59. The lowest BCUT2D eigenvalue weighted by atomic mass is 10.2. The molecule has 0 fully saturated rings. The first-order chi connectivity index (χ1) is 12.4. The Kier molecular flexibility index (Phi) is 6.74. The molecule has 2 aromatic rings. The zero-order valence-electron chi connectivity index (χ0n) is 14.5. The molecule has 1 heterocycles. The number of thiophene rings is 1. The van der Waals surface area contributed by atoms with Crippen LogP contribution in [0, 0.1) is 5.92 Å². The van der Waals surface area contributed by atoms with Gasteiger partial charge in [-0.05, 0) is 35.6 Å². The maximum atomic E-state index is 12.1. The number of benzene rings is 1. The third-order valence-electron chi connectivity index (χ3n) is 3.17. The van der Waals surface area contributed by atoms with Crippen molar-refractivity contribution in [3.63, 3.8) is 0 Å². The zero-order chi connectivity index (χ0) is 19.1. The van der Waals surface area contributed by atoms with Crippen LogP contribution in [0.3, 0.4) is 0 Å². The van der Waals surface area contributed by atoms with Crippen molar-refractivity contribution in [3.05, 3.63) is 46.8 Å². The molecule has 0 aliphatic heterocycles. The highest BCUT2D eigenvalue weighted by Crippen LogP contribution is 2.22.